The zero-order valence-electron chi connectivity index (χ0n) is 18.0. The number of nitrogens with one attached hydrogen (secondary N) is 3. The molecular weight excluding hydrogens is 436 g/mol. The van der Waals surface area contributed by atoms with Gasteiger partial charge in [-0.1, -0.05) is 29.8 Å². The number of amides is 1. The lowest BCUT2D eigenvalue weighted by Gasteiger charge is -2.30. The molecule has 1 amide bonds. The van der Waals surface area contributed by atoms with E-state index in [1.165, 1.54) is 0 Å². The lowest BCUT2D eigenvalue weighted by Crippen LogP contribution is -2.42. The number of H-pyrrole nitrogens is 1. The van der Waals surface area contributed by atoms with E-state index in [4.69, 9.17) is 22.3 Å². The fourth-order valence-corrected chi connectivity index (χ4v) is 4.62. The Morgan fingerprint density at radius 1 is 1.09 bits per heavy atom. The second kappa shape index (κ2) is 9.11. The van der Waals surface area contributed by atoms with Crippen LogP contribution >= 0.6 is 11.6 Å². The summed E-state index contributed by atoms with van der Waals surface area (Å²) < 4.78 is 0. The number of rotatable bonds is 5. The maximum atomic E-state index is 12.6. The van der Waals surface area contributed by atoms with Crippen LogP contribution in [0.5, 0.6) is 0 Å². The van der Waals surface area contributed by atoms with E-state index < -0.39 is 0 Å². The zero-order chi connectivity index (χ0) is 22.8. The predicted molar refractivity (Wildman–Crippen MR) is 132 cm³/mol. The van der Waals surface area contributed by atoms with Crippen LogP contribution in [0.2, 0.25) is 5.02 Å². The van der Waals surface area contributed by atoms with Crippen molar-refractivity contribution in [1.82, 2.24) is 20.3 Å². The zero-order valence-corrected chi connectivity index (χ0v) is 18.8. The first-order valence-electron chi connectivity index (χ1n) is 11.1. The Kier molecular flexibility index (Phi) is 5.88. The van der Waals surface area contributed by atoms with Gasteiger partial charge in [0.2, 0.25) is 5.95 Å². The molecule has 8 heteroatoms. The van der Waals surface area contributed by atoms with E-state index in [0.717, 1.165) is 42.1 Å². The maximum Gasteiger partial charge on any atom is 0.251 e. The van der Waals surface area contributed by atoms with Crippen molar-refractivity contribution in [2.75, 3.05) is 11.1 Å². The standard InChI is InChI=1S/C25H25ClN6O/c26-21-14-29-25(32-23(21)20-13-28-22-7-2-1-6-19(20)22)31-18-5-3-4-17(12-18)30-24(33)15-8-10-16(27)11-9-15/h1-2,6-11,13-14,17-18,28H,3-5,12,27H2,(H,30,33)(H,29,31,32). The van der Waals surface area contributed by atoms with E-state index in [0.29, 0.717) is 27.9 Å². The molecule has 1 fully saturated rings. The minimum absolute atomic E-state index is 0.0787. The second-order valence-electron chi connectivity index (χ2n) is 8.44. The third-order valence-corrected chi connectivity index (χ3v) is 6.38. The van der Waals surface area contributed by atoms with Crippen LogP contribution in [-0.4, -0.2) is 32.9 Å². The summed E-state index contributed by atoms with van der Waals surface area (Å²) in [5.74, 6) is 0.459. The molecule has 2 heterocycles. The Morgan fingerprint density at radius 3 is 2.73 bits per heavy atom. The molecule has 1 saturated carbocycles. The number of carbonyl (C=O) groups is 1. The van der Waals surface area contributed by atoms with Gasteiger partial charge in [-0.2, -0.15) is 0 Å². The average molecular weight is 461 g/mol. The summed E-state index contributed by atoms with van der Waals surface area (Å²) in [6, 6.07) is 15.3. The van der Waals surface area contributed by atoms with Gasteiger partial charge < -0.3 is 21.4 Å². The minimum atomic E-state index is -0.0787. The summed E-state index contributed by atoms with van der Waals surface area (Å²) in [7, 11) is 0. The van der Waals surface area contributed by atoms with Crippen molar-refractivity contribution in [2.24, 2.45) is 0 Å². The molecule has 5 N–H and O–H groups in total. The molecule has 2 atom stereocenters. The fraction of sp³-hybridized carbons (Fsp3) is 0.240. The predicted octanol–water partition coefficient (Wildman–Crippen LogP) is 5.01. The number of aromatic nitrogens is 3. The van der Waals surface area contributed by atoms with Crippen LogP contribution in [0.1, 0.15) is 36.0 Å². The highest BCUT2D eigenvalue weighted by atomic mass is 35.5. The number of hydrogen-bond acceptors (Lipinski definition) is 5. The molecule has 1 aliphatic rings. The summed E-state index contributed by atoms with van der Waals surface area (Å²) in [6.45, 7) is 0. The summed E-state index contributed by atoms with van der Waals surface area (Å²) in [6.07, 6.45) is 7.30. The fourth-order valence-electron chi connectivity index (χ4n) is 4.43. The van der Waals surface area contributed by atoms with Crippen LogP contribution in [0.3, 0.4) is 0 Å². The molecule has 7 nitrogen and oxygen atoms in total. The van der Waals surface area contributed by atoms with Crippen LogP contribution in [0.15, 0.2) is 60.9 Å². The molecule has 33 heavy (non-hydrogen) atoms. The van der Waals surface area contributed by atoms with Gasteiger partial charge in [0.15, 0.2) is 0 Å². The van der Waals surface area contributed by atoms with Gasteiger partial charge in [0.25, 0.3) is 5.91 Å². The third-order valence-electron chi connectivity index (χ3n) is 6.10. The molecule has 0 radical (unpaired) electrons. The van der Waals surface area contributed by atoms with Crippen molar-refractivity contribution in [3.63, 3.8) is 0 Å². The van der Waals surface area contributed by atoms with Gasteiger partial charge in [0.05, 0.1) is 16.9 Å². The molecule has 0 aliphatic heterocycles. The first kappa shape index (κ1) is 21.3. The quantitative estimate of drug-likeness (QED) is 0.313. The molecule has 0 bridgehead atoms. The van der Waals surface area contributed by atoms with Crippen LogP contribution in [0.4, 0.5) is 11.6 Å². The van der Waals surface area contributed by atoms with Gasteiger partial charge in [-0.05, 0) is 56.0 Å². The molecule has 4 aromatic rings. The number of hydrogen-bond donors (Lipinski definition) is 4. The maximum absolute atomic E-state index is 12.6. The number of carbonyl (C=O) groups excluding carboxylic acids is 1. The van der Waals surface area contributed by atoms with Gasteiger partial charge in [0, 0.05) is 46.0 Å². The molecule has 5 rings (SSSR count). The van der Waals surface area contributed by atoms with Gasteiger partial charge in [-0.25, -0.2) is 9.97 Å². The number of aromatic amines is 1. The van der Waals surface area contributed by atoms with Crippen molar-refractivity contribution in [3.05, 3.63) is 71.5 Å². The van der Waals surface area contributed by atoms with E-state index in [2.05, 4.69) is 20.6 Å². The van der Waals surface area contributed by atoms with Crippen molar-refractivity contribution in [3.8, 4) is 11.3 Å². The summed E-state index contributed by atoms with van der Waals surface area (Å²) in [4.78, 5) is 25.0. The molecule has 168 valence electrons. The highest BCUT2D eigenvalue weighted by Gasteiger charge is 2.24. The highest BCUT2D eigenvalue weighted by molar-refractivity contribution is 6.33. The second-order valence-corrected chi connectivity index (χ2v) is 8.85. The number of nitrogens with zero attached hydrogens (tertiary/aromatic N) is 2. The van der Waals surface area contributed by atoms with Crippen LogP contribution in [0, 0.1) is 0 Å². The molecule has 2 unspecified atom stereocenters. The normalized spacial score (nSPS) is 18.2. The van der Waals surface area contributed by atoms with E-state index in [1.54, 1.807) is 30.5 Å². The molecule has 0 saturated heterocycles. The Hall–Kier alpha value is -3.58. The van der Waals surface area contributed by atoms with Gasteiger partial charge in [0.1, 0.15) is 0 Å². The molecule has 0 spiro atoms. The van der Waals surface area contributed by atoms with Crippen LogP contribution in [-0.2, 0) is 0 Å². The smallest absolute Gasteiger partial charge is 0.251 e. The number of nitrogen functional groups attached to an aromatic ring is 1. The molecular formula is C25H25ClN6O. The van der Waals surface area contributed by atoms with E-state index in [1.807, 2.05) is 30.5 Å². The first-order chi connectivity index (χ1) is 16.1. The molecule has 2 aromatic heterocycles. The monoisotopic (exact) mass is 460 g/mol. The Balaban J connectivity index is 1.29. The summed E-state index contributed by atoms with van der Waals surface area (Å²) in [5, 5.41) is 8.16. The van der Waals surface area contributed by atoms with E-state index >= 15 is 0 Å². The number of para-hydroxylation sites is 1. The van der Waals surface area contributed by atoms with E-state index in [9.17, 15) is 4.79 Å². The molecule has 1 aliphatic carbocycles. The lowest BCUT2D eigenvalue weighted by molar-refractivity contribution is 0.0926. The van der Waals surface area contributed by atoms with Gasteiger partial charge in [-0.15, -0.1) is 0 Å². The summed E-state index contributed by atoms with van der Waals surface area (Å²) >= 11 is 6.46. The Bertz CT molecular complexity index is 1290. The summed E-state index contributed by atoms with van der Waals surface area (Å²) in [5.41, 5.74) is 9.64. The number of anilines is 2. The number of halogens is 1. The Labute approximate surface area is 196 Å². The SMILES string of the molecule is Nc1ccc(C(=O)NC2CCCC(Nc3ncc(Cl)c(-c4c[nH]c5ccccc45)n3)C2)cc1. The van der Waals surface area contributed by atoms with E-state index in [-0.39, 0.29) is 18.0 Å². The topological polar surface area (TPSA) is 109 Å². The Morgan fingerprint density at radius 2 is 1.88 bits per heavy atom. The number of fused-ring (bicyclic) bond motifs is 1. The van der Waals surface area contributed by atoms with Gasteiger partial charge in [-0.3, -0.25) is 4.79 Å². The lowest BCUT2D eigenvalue weighted by atomic mass is 9.91. The van der Waals surface area contributed by atoms with Crippen molar-refractivity contribution in [2.45, 2.75) is 37.8 Å². The van der Waals surface area contributed by atoms with Crippen molar-refractivity contribution >= 4 is 40.0 Å². The minimum Gasteiger partial charge on any atom is -0.399 e. The van der Waals surface area contributed by atoms with Crippen LogP contribution in [0.25, 0.3) is 22.2 Å². The third kappa shape index (κ3) is 4.64. The van der Waals surface area contributed by atoms with Crippen molar-refractivity contribution < 1.29 is 4.79 Å². The van der Waals surface area contributed by atoms with Crippen LogP contribution < -0.4 is 16.4 Å². The largest absolute Gasteiger partial charge is 0.399 e. The number of benzene rings is 2. The van der Waals surface area contributed by atoms with Gasteiger partial charge >= 0.3 is 0 Å². The first-order valence-corrected chi connectivity index (χ1v) is 11.5. The number of nitrogens with two attached hydrogens (primary N) is 1. The average Bonchev–Trinajstić information content (AvgIpc) is 3.25. The van der Waals surface area contributed by atoms with Crippen molar-refractivity contribution in [1.29, 1.82) is 0 Å². The highest BCUT2D eigenvalue weighted by Crippen LogP contribution is 2.32. The molecule has 2 aromatic carbocycles.